The van der Waals surface area contributed by atoms with Gasteiger partial charge in [0.2, 0.25) is 5.91 Å². The van der Waals surface area contributed by atoms with E-state index in [9.17, 15) is 4.79 Å². The van der Waals surface area contributed by atoms with E-state index >= 15 is 0 Å². The van der Waals surface area contributed by atoms with Gasteiger partial charge < -0.3 is 11.1 Å². The van der Waals surface area contributed by atoms with E-state index in [4.69, 9.17) is 5.73 Å². The van der Waals surface area contributed by atoms with Gasteiger partial charge in [-0.25, -0.2) is 0 Å². The van der Waals surface area contributed by atoms with Crippen molar-refractivity contribution in [1.82, 2.24) is 10.2 Å². The molecule has 0 bridgehead atoms. The molecule has 1 fully saturated rings. The summed E-state index contributed by atoms with van der Waals surface area (Å²) in [5.74, 6) is 0.739. The molecule has 0 aromatic carbocycles. The first kappa shape index (κ1) is 13.5. The molecule has 0 aromatic heterocycles. The highest BCUT2D eigenvalue weighted by Crippen LogP contribution is 2.14. The number of hydrogen-bond donors (Lipinski definition) is 2. The maximum Gasteiger partial charge on any atom is 0.234 e. The van der Waals surface area contributed by atoms with E-state index in [0.29, 0.717) is 12.5 Å². The van der Waals surface area contributed by atoms with E-state index in [1.54, 1.807) is 0 Å². The van der Waals surface area contributed by atoms with Crippen molar-refractivity contribution in [3.05, 3.63) is 0 Å². The molecule has 1 aliphatic rings. The third kappa shape index (κ3) is 4.94. The van der Waals surface area contributed by atoms with Crippen molar-refractivity contribution in [2.24, 2.45) is 11.7 Å². The third-order valence-electron chi connectivity index (χ3n) is 3.16. The van der Waals surface area contributed by atoms with Crippen LogP contribution in [0.25, 0.3) is 0 Å². The van der Waals surface area contributed by atoms with Crippen molar-refractivity contribution in [2.45, 2.75) is 32.6 Å². The Bertz CT molecular complexity index is 208. The SMILES string of the molecule is CCCCNC(=O)CN1CCCC(CN)C1. The predicted octanol–water partition coefficient (Wildman–Crippen LogP) is 0.573. The van der Waals surface area contributed by atoms with Crippen LogP contribution in [-0.4, -0.2) is 43.5 Å². The number of nitrogens with zero attached hydrogens (tertiary/aromatic N) is 1. The van der Waals surface area contributed by atoms with Gasteiger partial charge in [-0.1, -0.05) is 13.3 Å². The molecule has 4 heteroatoms. The molecule has 1 unspecified atom stereocenters. The Morgan fingerprint density at radius 2 is 2.38 bits per heavy atom. The fraction of sp³-hybridized carbons (Fsp3) is 0.917. The summed E-state index contributed by atoms with van der Waals surface area (Å²) in [5, 5.41) is 2.95. The van der Waals surface area contributed by atoms with Crippen molar-refractivity contribution in [1.29, 1.82) is 0 Å². The van der Waals surface area contributed by atoms with Gasteiger partial charge in [-0.15, -0.1) is 0 Å². The largest absolute Gasteiger partial charge is 0.355 e. The molecule has 1 rings (SSSR count). The van der Waals surface area contributed by atoms with Crippen molar-refractivity contribution in [3.63, 3.8) is 0 Å². The Morgan fingerprint density at radius 3 is 3.06 bits per heavy atom. The smallest absolute Gasteiger partial charge is 0.234 e. The van der Waals surface area contributed by atoms with Crippen LogP contribution in [0.2, 0.25) is 0 Å². The Kier molecular flexibility index (Phi) is 6.42. The minimum absolute atomic E-state index is 0.158. The lowest BCUT2D eigenvalue weighted by atomic mass is 9.98. The van der Waals surface area contributed by atoms with E-state index in [-0.39, 0.29) is 5.91 Å². The van der Waals surface area contributed by atoms with E-state index in [0.717, 1.165) is 39.0 Å². The summed E-state index contributed by atoms with van der Waals surface area (Å²) in [6.45, 7) is 6.25. The topological polar surface area (TPSA) is 58.4 Å². The van der Waals surface area contributed by atoms with Crippen LogP contribution in [0.3, 0.4) is 0 Å². The summed E-state index contributed by atoms with van der Waals surface area (Å²) < 4.78 is 0. The number of carbonyl (C=O) groups is 1. The number of likely N-dealkylation sites (tertiary alicyclic amines) is 1. The van der Waals surface area contributed by atoms with Crippen LogP contribution in [0.15, 0.2) is 0 Å². The van der Waals surface area contributed by atoms with Crippen molar-refractivity contribution < 1.29 is 4.79 Å². The number of rotatable bonds is 6. The van der Waals surface area contributed by atoms with Gasteiger partial charge in [0.05, 0.1) is 6.54 Å². The highest BCUT2D eigenvalue weighted by Gasteiger charge is 2.20. The standard InChI is InChI=1S/C12H25N3O/c1-2-3-6-14-12(16)10-15-7-4-5-11(8-13)9-15/h11H,2-10,13H2,1H3,(H,14,16). The molecule has 1 atom stereocenters. The van der Waals surface area contributed by atoms with Gasteiger partial charge in [0.15, 0.2) is 0 Å². The molecule has 1 aliphatic heterocycles. The normalized spacial score (nSPS) is 22.0. The molecule has 4 nitrogen and oxygen atoms in total. The minimum Gasteiger partial charge on any atom is -0.355 e. The molecule has 0 aromatic rings. The van der Waals surface area contributed by atoms with Crippen molar-refractivity contribution in [3.8, 4) is 0 Å². The number of nitrogens with one attached hydrogen (secondary N) is 1. The summed E-state index contributed by atoms with van der Waals surface area (Å²) in [7, 11) is 0. The maximum absolute atomic E-state index is 11.6. The zero-order valence-corrected chi connectivity index (χ0v) is 10.4. The van der Waals surface area contributed by atoms with Crippen LogP contribution in [0.5, 0.6) is 0 Å². The molecular weight excluding hydrogens is 202 g/mol. The molecule has 1 heterocycles. The van der Waals surface area contributed by atoms with Gasteiger partial charge in [0.25, 0.3) is 0 Å². The van der Waals surface area contributed by atoms with Crippen LogP contribution in [0.1, 0.15) is 32.6 Å². The average molecular weight is 227 g/mol. The van der Waals surface area contributed by atoms with Gasteiger partial charge in [-0.2, -0.15) is 0 Å². The lowest BCUT2D eigenvalue weighted by molar-refractivity contribution is -0.122. The van der Waals surface area contributed by atoms with Gasteiger partial charge in [0, 0.05) is 13.1 Å². The van der Waals surface area contributed by atoms with Crippen LogP contribution in [0, 0.1) is 5.92 Å². The van der Waals surface area contributed by atoms with Gasteiger partial charge >= 0.3 is 0 Å². The second-order valence-corrected chi connectivity index (χ2v) is 4.68. The average Bonchev–Trinajstić information content (AvgIpc) is 2.29. The second kappa shape index (κ2) is 7.63. The first-order valence-corrected chi connectivity index (χ1v) is 6.45. The third-order valence-corrected chi connectivity index (χ3v) is 3.16. The van der Waals surface area contributed by atoms with Gasteiger partial charge in [0.1, 0.15) is 0 Å². The molecule has 0 saturated carbocycles. The lowest BCUT2D eigenvalue weighted by Crippen LogP contribution is -2.44. The molecule has 1 amide bonds. The molecule has 94 valence electrons. The Balaban J connectivity index is 2.17. The Hall–Kier alpha value is -0.610. The number of nitrogens with two attached hydrogens (primary N) is 1. The molecule has 1 saturated heterocycles. The van der Waals surface area contributed by atoms with Gasteiger partial charge in [-0.05, 0) is 38.3 Å². The number of amides is 1. The Morgan fingerprint density at radius 1 is 1.56 bits per heavy atom. The second-order valence-electron chi connectivity index (χ2n) is 4.68. The number of piperidine rings is 1. The van der Waals surface area contributed by atoms with Crippen LogP contribution >= 0.6 is 0 Å². The molecule has 0 radical (unpaired) electrons. The minimum atomic E-state index is 0.158. The highest BCUT2D eigenvalue weighted by molar-refractivity contribution is 5.77. The maximum atomic E-state index is 11.6. The number of carbonyl (C=O) groups excluding carboxylic acids is 1. The van der Waals surface area contributed by atoms with Crippen LogP contribution in [-0.2, 0) is 4.79 Å². The lowest BCUT2D eigenvalue weighted by Gasteiger charge is -2.31. The number of unbranched alkanes of at least 4 members (excludes halogenated alkanes) is 1. The van der Waals surface area contributed by atoms with Crippen molar-refractivity contribution >= 4 is 5.91 Å². The zero-order valence-electron chi connectivity index (χ0n) is 10.4. The first-order valence-electron chi connectivity index (χ1n) is 6.45. The summed E-state index contributed by atoms with van der Waals surface area (Å²) >= 11 is 0. The van der Waals surface area contributed by atoms with Crippen LogP contribution in [0.4, 0.5) is 0 Å². The van der Waals surface area contributed by atoms with E-state index in [1.165, 1.54) is 12.8 Å². The summed E-state index contributed by atoms with van der Waals surface area (Å²) in [4.78, 5) is 13.8. The van der Waals surface area contributed by atoms with E-state index in [1.807, 2.05) is 0 Å². The molecule has 0 spiro atoms. The monoisotopic (exact) mass is 227 g/mol. The van der Waals surface area contributed by atoms with Crippen molar-refractivity contribution in [2.75, 3.05) is 32.7 Å². The van der Waals surface area contributed by atoms with E-state index < -0.39 is 0 Å². The first-order chi connectivity index (χ1) is 7.76. The fourth-order valence-electron chi connectivity index (χ4n) is 2.15. The highest BCUT2D eigenvalue weighted by atomic mass is 16.2. The summed E-state index contributed by atoms with van der Waals surface area (Å²) in [5.41, 5.74) is 5.67. The van der Waals surface area contributed by atoms with Crippen LogP contribution < -0.4 is 11.1 Å². The summed E-state index contributed by atoms with van der Waals surface area (Å²) in [6.07, 6.45) is 4.57. The molecule has 0 aliphatic carbocycles. The predicted molar refractivity (Wildman–Crippen MR) is 66.1 cm³/mol. The molecular formula is C12H25N3O. The van der Waals surface area contributed by atoms with E-state index in [2.05, 4.69) is 17.1 Å². The quantitative estimate of drug-likeness (QED) is 0.652. The van der Waals surface area contributed by atoms with Gasteiger partial charge in [-0.3, -0.25) is 9.69 Å². The number of hydrogen-bond acceptors (Lipinski definition) is 3. The Labute approximate surface area is 98.6 Å². The molecule has 3 N–H and O–H groups in total. The molecule has 16 heavy (non-hydrogen) atoms. The fourth-order valence-corrected chi connectivity index (χ4v) is 2.15. The summed E-state index contributed by atoms with van der Waals surface area (Å²) in [6, 6.07) is 0. The zero-order chi connectivity index (χ0) is 11.8.